The highest BCUT2D eigenvalue weighted by atomic mass is 32.1. The summed E-state index contributed by atoms with van der Waals surface area (Å²) in [6, 6.07) is 10.5. The van der Waals surface area contributed by atoms with Gasteiger partial charge in [0.1, 0.15) is 11.6 Å². The van der Waals surface area contributed by atoms with E-state index in [1.807, 2.05) is 38.1 Å². The predicted octanol–water partition coefficient (Wildman–Crippen LogP) is 4.88. The number of anilines is 1. The molecule has 0 aliphatic rings. The van der Waals surface area contributed by atoms with E-state index in [4.69, 9.17) is 0 Å². The van der Waals surface area contributed by atoms with Crippen LogP contribution in [-0.4, -0.2) is 17.4 Å². The molecule has 24 heavy (non-hydrogen) atoms. The summed E-state index contributed by atoms with van der Waals surface area (Å²) in [5, 5.41) is 0.513. The molecule has 1 amide bonds. The highest BCUT2D eigenvalue weighted by Gasteiger charge is 2.24. The van der Waals surface area contributed by atoms with Crippen molar-refractivity contribution in [1.82, 2.24) is 4.98 Å². The molecular formula is C18H16F2N2OS. The number of carbonyl (C=O) groups excluding carboxylic acids is 1. The number of rotatable bonds is 4. The molecule has 1 aromatic heterocycles. The molecular weight excluding hydrogens is 330 g/mol. The van der Waals surface area contributed by atoms with Crippen molar-refractivity contribution in [1.29, 1.82) is 0 Å². The van der Waals surface area contributed by atoms with E-state index in [0.717, 1.165) is 22.3 Å². The van der Waals surface area contributed by atoms with Crippen molar-refractivity contribution in [2.45, 2.75) is 13.8 Å². The highest BCUT2D eigenvalue weighted by molar-refractivity contribution is 7.22. The van der Waals surface area contributed by atoms with Crippen LogP contribution >= 0.6 is 11.3 Å². The van der Waals surface area contributed by atoms with Gasteiger partial charge < -0.3 is 0 Å². The molecule has 0 aliphatic carbocycles. The first-order valence-corrected chi connectivity index (χ1v) is 8.40. The summed E-state index contributed by atoms with van der Waals surface area (Å²) in [6.07, 6.45) is 0. The molecule has 0 saturated heterocycles. The molecule has 0 unspecified atom stereocenters. The number of amides is 1. The molecule has 0 fully saturated rings. The highest BCUT2D eigenvalue weighted by Crippen LogP contribution is 2.30. The Balaban J connectivity index is 2.03. The van der Waals surface area contributed by atoms with E-state index in [1.54, 1.807) is 0 Å². The molecule has 3 aromatic rings. The van der Waals surface area contributed by atoms with Gasteiger partial charge in [-0.2, -0.15) is 0 Å². The number of thiazole rings is 1. The van der Waals surface area contributed by atoms with Crippen LogP contribution in [-0.2, 0) is 0 Å². The van der Waals surface area contributed by atoms with E-state index in [9.17, 15) is 13.6 Å². The van der Waals surface area contributed by atoms with Crippen molar-refractivity contribution in [3.63, 3.8) is 0 Å². The van der Waals surface area contributed by atoms with Crippen LogP contribution in [0.25, 0.3) is 10.2 Å². The number of para-hydroxylation sites is 1. The molecule has 0 N–H and O–H groups in total. The predicted molar refractivity (Wildman–Crippen MR) is 92.5 cm³/mol. The molecule has 0 aliphatic heterocycles. The molecule has 0 radical (unpaired) electrons. The molecule has 3 rings (SSSR count). The molecule has 1 heterocycles. The van der Waals surface area contributed by atoms with Crippen LogP contribution in [0.1, 0.15) is 24.2 Å². The van der Waals surface area contributed by atoms with E-state index >= 15 is 0 Å². The van der Waals surface area contributed by atoms with Crippen molar-refractivity contribution in [2.24, 2.45) is 5.92 Å². The van der Waals surface area contributed by atoms with Gasteiger partial charge in [0.25, 0.3) is 5.91 Å². The Morgan fingerprint density at radius 3 is 2.62 bits per heavy atom. The molecule has 124 valence electrons. The lowest BCUT2D eigenvalue weighted by Gasteiger charge is -2.22. The Bertz CT molecular complexity index is 859. The van der Waals surface area contributed by atoms with Gasteiger partial charge in [-0.1, -0.05) is 37.3 Å². The third-order valence-electron chi connectivity index (χ3n) is 3.47. The van der Waals surface area contributed by atoms with Crippen molar-refractivity contribution in [3.8, 4) is 0 Å². The first-order valence-electron chi connectivity index (χ1n) is 7.58. The largest absolute Gasteiger partial charge is 0.284 e. The van der Waals surface area contributed by atoms with E-state index < -0.39 is 17.5 Å². The van der Waals surface area contributed by atoms with Crippen LogP contribution in [0.3, 0.4) is 0 Å². The summed E-state index contributed by atoms with van der Waals surface area (Å²) >= 11 is 1.38. The maximum atomic E-state index is 14.0. The second-order valence-corrected chi connectivity index (χ2v) is 6.91. The summed E-state index contributed by atoms with van der Waals surface area (Å²) in [7, 11) is 0. The maximum Gasteiger partial charge on any atom is 0.263 e. The van der Waals surface area contributed by atoms with Crippen molar-refractivity contribution in [3.05, 3.63) is 59.7 Å². The minimum Gasteiger partial charge on any atom is -0.284 e. The fourth-order valence-corrected chi connectivity index (χ4v) is 3.37. The van der Waals surface area contributed by atoms with E-state index in [-0.39, 0.29) is 11.5 Å². The molecule has 0 atom stereocenters. The van der Waals surface area contributed by atoms with Gasteiger partial charge in [-0.15, -0.1) is 0 Å². The van der Waals surface area contributed by atoms with Gasteiger partial charge >= 0.3 is 0 Å². The number of fused-ring (bicyclic) bond motifs is 1. The number of carbonyl (C=O) groups is 1. The SMILES string of the molecule is CC(C)CN(C(=O)c1ccc(F)cc1F)c1nc2ccccc2s1. The molecule has 2 aromatic carbocycles. The smallest absolute Gasteiger partial charge is 0.263 e. The number of hydrogen-bond donors (Lipinski definition) is 0. The summed E-state index contributed by atoms with van der Waals surface area (Å²) in [5.41, 5.74) is 0.634. The van der Waals surface area contributed by atoms with Gasteiger partial charge in [0, 0.05) is 12.6 Å². The molecule has 0 bridgehead atoms. The normalized spacial score (nSPS) is 11.2. The van der Waals surface area contributed by atoms with Crippen molar-refractivity contribution >= 4 is 32.6 Å². The Hall–Kier alpha value is -2.34. The van der Waals surface area contributed by atoms with Crippen LogP contribution in [0.5, 0.6) is 0 Å². The quantitative estimate of drug-likeness (QED) is 0.675. The van der Waals surface area contributed by atoms with Gasteiger partial charge in [-0.05, 0) is 30.2 Å². The van der Waals surface area contributed by atoms with Gasteiger partial charge in [0.15, 0.2) is 5.13 Å². The first kappa shape index (κ1) is 16.5. The third-order valence-corrected chi connectivity index (χ3v) is 4.53. The topological polar surface area (TPSA) is 33.2 Å². The molecule has 6 heteroatoms. The molecule has 0 spiro atoms. The van der Waals surface area contributed by atoms with Crippen molar-refractivity contribution in [2.75, 3.05) is 11.4 Å². The van der Waals surface area contributed by atoms with E-state index in [1.165, 1.54) is 22.3 Å². The second-order valence-electron chi connectivity index (χ2n) is 5.90. The number of nitrogens with zero attached hydrogens (tertiary/aromatic N) is 2. The fourth-order valence-electron chi connectivity index (χ4n) is 2.40. The number of hydrogen-bond acceptors (Lipinski definition) is 3. The van der Waals surface area contributed by atoms with Crippen LogP contribution in [0.15, 0.2) is 42.5 Å². The van der Waals surface area contributed by atoms with Gasteiger partial charge in [-0.3, -0.25) is 9.69 Å². The zero-order valence-corrected chi connectivity index (χ0v) is 14.1. The lowest BCUT2D eigenvalue weighted by molar-refractivity contribution is 0.0980. The summed E-state index contributed by atoms with van der Waals surface area (Å²) in [4.78, 5) is 18.8. The Morgan fingerprint density at radius 2 is 1.96 bits per heavy atom. The van der Waals surface area contributed by atoms with Gasteiger partial charge in [-0.25, -0.2) is 13.8 Å². The number of aromatic nitrogens is 1. The van der Waals surface area contributed by atoms with Gasteiger partial charge in [0.2, 0.25) is 0 Å². The summed E-state index contributed by atoms with van der Waals surface area (Å²) in [5.74, 6) is -1.92. The lowest BCUT2D eigenvalue weighted by Crippen LogP contribution is -2.34. The standard InChI is InChI=1S/C18H16F2N2OS/c1-11(2)10-22(17(23)13-8-7-12(19)9-14(13)20)18-21-15-5-3-4-6-16(15)24-18/h3-9,11H,10H2,1-2H3. The average Bonchev–Trinajstić information content (AvgIpc) is 2.95. The van der Waals surface area contributed by atoms with Crippen LogP contribution in [0, 0.1) is 17.6 Å². The zero-order valence-electron chi connectivity index (χ0n) is 13.3. The number of halogens is 2. The summed E-state index contributed by atoms with van der Waals surface area (Å²) < 4.78 is 28.1. The average molecular weight is 346 g/mol. The lowest BCUT2D eigenvalue weighted by atomic mass is 10.1. The van der Waals surface area contributed by atoms with Crippen LogP contribution in [0.2, 0.25) is 0 Å². The van der Waals surface area contributed by atoms with Crippen LogP contribution < -0.4 is 4.90 Å². The summed E-state index contributed by atoms with van der Waals surface area (Å²) in [6.45, 7) is 4.33. The first-order chi connectivity index (χ1) is 11.5. The fraction of sp³-hybridized carbons (Fsp3) is 0.222. The van der Waals surface area contributed by atoms with E-state index in [0.29, 0.717) is 11.7 Å². The maximum absolute atomic E-state index is 14.0. The minimum atomic E-state index is -0.866. The third kappa shape index (κ3) is 3.28. The van der Waals surface area contributed by atoms with Gasteiger partial charge in [0.05, 0.1) is 15.8 Å². The van der Waals surface area contributed by atoms with Crippen LogP contribution in [0.4, 0.5) is 13.9 Å². The Morgan fingerprint density at radius 1 is 1.21 bits per heavy atom. The Labute approximate surface area is 142 Å². The molecule has 3 nitrogen and oxygen atoms in total. The van der Waals surface area contributed by atoms with E-state index in [2.05, 4.69) is 4.98 Å². The molecule has 0 saturated carbocycles. The van der Waals surface area contributed by atoms with Crippen molar-refractivity contribution < 1.29 is 13.6 Å². The second kappa shape index (κ2) is 6.65. The monoisotopic (exact) mass is 346 g/mol. The number of benzene rings is 2. The minimum absolute atomic E-state index is 0.156. The Kier molecular flexibility index (Phi) is 4.57. The zero-order chi connectivity index (χ0) is 17.3.